The van der Waals surface area contributed by atoms with Crippen molar-refractivity contribution < 1.29 is 5.11 Å². The third kappa shape index (κ3) is 2.36. The Morgan fingerprint density at radius 3 is 3.07 bits per heavy atom. The van der Waals surface area contributed by atoms with Gasteiger partial charge in [-0.2, -0.15) is 0 Å². The quantitative estimate of drug-likeness (QED) is 0.745. The third-order valence-corrected chi connectivity index (χ3v) is 2.61. The Morgan fingerprint density at radius 1 is 1.47 bits per heavy atom. The highest BCUT2D eigenvalue weighted by Crippen LogP contribution is 2.17. The van der Waals surface area contributed by atoms with Crippen LogP contribution in [0.2, 0.25) is 0 Å². The number of anilines is 1. The predicted molar refractivity (Wildman–Crippen MR) is 60.7 cm³/mol. The zero-order chi connectivity index (χ0) is 10.7. The second-order valence-corrected chi connectivity index (χ2v) is 3.91. The van der Waals surface area contributed by atoms with Crippen molar-refractivity contribution in [3.05, 3.63) is 35.5 Å². The van der Waals surface area contributed by atoms with Gasteiger partial charge in [-0.3, -0.25) is 0 Å². The van der Waals surface area contributed by atoms with E-state index < -0.39 is 0 Å². The van der Waals surface area contributed by atoms with Crippen LogP contribution in [-0.4, -0.2) is 23.2 Å². The number of hydrogen-bond donors (Lipinski definition) is 1. The van der Waals surface area contributed by atoms with Gasteiger partial charge in [0.15, 0.2) is 0 Å². The lowest BCUT2D eigenvalue weighted by Crippen LogP contribution is -2.29. The van der Waals surface area contributed by atoms with Gasteiger partial charge in [-0.25, -0.2) is 4.98 Å². The van der Waals surface area contributed by atoms with Crippen LogP contribution in [0.5, 0.6) is 0 Å². The van der Waals surface area contributed by atoms with Crippen LogP contribution in [0.25, 0.3) is 0 Å². The second-order valence-electron chi connectivity index (χ2n) is 3.91. The molecule has 0 radical (unpaired) electrons. The summed E-state index contributed by atoms with van der Waals surface area (Å²) in [6.45, 7) is 4.11. The molecular weight excluding hydrogens is 188 g/mol. The monoisotopic (exact) mass is 204 g/mol. The molecule has 0 aliphatic carbocycles. The second kappa shape index (κ2) is 4.45. The van der Waals surface area contributed by atoms with Gasteiger partial charge in [-0.05, 0) is 25.5 Å². The van der Waals surface area contributed by atoms with Crippen molar-refractivity contribution in [3.63, 3.8) is 0 Å². The van der Waals surface area contributed by atoms with Gasteiger partial charge in [-0.15, -0.1) is 0 Å². The Morgan fingerprint density at radius 2 is 2.33 bits per heavy atom. The number of aromatic nitrogens is 1. The summed E-state index contributed by atoms with van der Waals surface area (Å²) in [6, 6.07) is 5.79. The van der Waals surface area contributed by atoms with E-state index in [2.05, 4.69) is 22.9 Å². The summed E-state index contributed by atoms with van der Waals surface area (Å²) in [5.41, 5.74) is 2.12. The van der Waals surface area contributed by atoms with E-state index in [1.54, 1.807) is 0 Å². The van der Waals surface area contributed by atoms with Crippen molar-refractivity contribution in [1.82, 2.24) is 4.98 Å². The highest BCUT2D eigenvalue weighted by atomic mass is 16.3. The smallest absolute Gasteiger partial charge is 0.129 e. The largest absolute Gasteiger partial charge is 0.390 e. The van der Waals surface area contributed by atoms with Crippen molar-refractivity contribution in [1.29, 1.82) is 0 Å². The molecule has 0 spiro atoms. The highest BCUT2D eigenvalue weighted by molar-refractivity contribution is 5.42. The highest BCUT2D eigenvalue weighted by Gasteiger charge is 2.11. The van der Waals surface area contributed by atoms with Gasteiger partial charge in [0.25, 0.3) is 0 Å². The lowest BCUT2D eigenvalue weighted by atomic mass is 10.1. The molecule has 0 aromatic carbocycles. The lowest BCUT2D eigenvalue weighted by Gasteiger charge is -2.27. The van der Waals surface area contributed by atoms with Crippen molar-refractivity contribution >= 4 is 5.82 Å². The van der Waals surface area contributed by atoms with E-state index in [4.69, 9.17) is 5.11 Å². The number of aliphatic hydroxyl groups excluding tert-OH is 1. The van der Waals surface area contributed by atoms with E-state index in [0.29, 0.717) is 0 Å². The number of rotatable bonds is 2. The summed E-state index contributed by atoms with van der Waals surface area (Å²) >= 11 is 0. The van der Waals surface area contributed by atoms with Crippen molar-refractivity contribution in [2.24, 2.45) is 0 Å². The van der Waals surface area contributed by atoms with E-state index in [1.807, 2.05) is 18.2 Å². The van der Waals surface area contributed by atoms with Gasteiger partial charge in [0.2, 0.25) is 0 Å². The van der Waals surface area contributed by atoms with E-state index in [1.165, 1.54) is 5.57 Å². The number of hydrogen-bond acceptors (Lipinski definition) is 3. The first kappa shape index (κ1) is 10.2. The standard InChI is InChI=1S/C12H16N2O/c1-10-4-3-7-14(8-10)12-6-2-5-11(9-15)13-12/h2,4-6,15H,3,7-9H2,1H3. The van der Waals surface area contributed by atoms with Crippen LogP contribution in [-0.2, 0) is 6.61 Å². The summed E-state index contributed by atoms with van der Waals surface area (Å²) in [6.07, 6.45) is 3.35. The molecular formula is C12H16N2O. The molecule has 0 atom stereocenters. The summed E-state index contributed by atoms with van der Waals surface area (Å²) in [5, 5.41) is 9.02. The minimum absolute atomic E-state index is 0.0104. The molecule has 0 amide bonds. The predicted octanol–water partition coefficient (Wildman–Crippen LogP) is 1.73. The Labute approximate surface area is 90.1 Å². The van der Waals surface area contributed by atoms with Gasteiger partial charge < -0.3 is 10.0 Å². The third-order valence-electron chi connectivity index (χ3n) is 2.61. The van der Waals surface area contributed by atoms with Crippen molar-refractivity contribution in [2.45, 2.75) is 20.0 Å². The molecule has 0 saturated carbocycles. The van der Waals surface area contributed by atoms with Crippen LogP contribution in [0, 0.1) is 0 Å². The lowest BCUT2D eigenvalue weighted by molar-refractivity contribution is 0.277. The fraction of sp³-hybridized carbons (Fsp3) is 0.417. The Hall–Kier alpha value is -1.35. The molecule has 0 bridgehead atoms. The minimum Gasteiger partial charge on any atom is -0.390 e. The van der Waals surface area contributed by atoms with E-state index >= 15 is 0 Å². The van der Waals surface area contributed by atoms with Crippen molar-refractivity contribution in [2.75, 3.05) is 18.0 Å². The van der Waals surface area contributed by atoms with Crippen LogP contribution in [0.1, 0.15) is 19.0 Å². The maximum atomic E-state index is 9.02. The summed E-state index contributed by atoms with van der Waals surface area (Å²) in [7, 11) is 0. The molecule has 0 saturated heterocycles. The number of nitrogens with zero attached hydrogens (tertiary/aromatic N) is 2. The van der Waals surface area contributed by atoms with Crippen molar-refractivity contribution in [3.8, 4) is 0 Å². The average Bonchev–Trinajstić information content (AvgIpc) is 2.29. The van der Waals surface area contributed by atoms with Crippen LogP contribution in [0.4, 0.5) is 5.82 Å². The molecule has 80 valence electrons. The molecule has 15 heavy (non-hydrogen) atoms. The molecule has 3 heteroatoms. The fourth-order valence-electron chi connectivity index (χ4n) is 1.84. The van der Waals surface area contributed by atoms with E-state index in [9.17, 15) is 0 Å². The summed E-state index contributed by atoms with van der Waals surface area (Å²) in [4.78, 5) is 6.64. The molecule has 1 aromatic rings. The van der Waals surface area contributed by atoms with Gasteiger partial charge in [0.05, 0.1) is 12.3 Å². The Bertz CT molecular complexity index is 374. The average molecular weight is 204 g/mol. The van der Waals surface area contributed by atoms with E-state index in [0.717, 1.165) is 31.0 Å². The maximum absolute atomic E-state index is 9.02. The minimum atomic E-state index is 0.0104. The maximum Gasteiger partial charge on any atom is 0.129 e. The van der Waals surface area contributed by atoms with E-state index in [-0.39, 0.29) is 6.61 Å². The molecule has 1 aliphatic rings. The van der Waals surface area contributed by atoms with Crippen LogP contribution in [0.15, 0.2) is 29.8 Å². The molecule has 2 heterocycles. The summed E-state index contributed by atoms with van der Waals surface area (Å²) in [5.74, 6) is 0.967. The SMILES string of the molecule is CC1=CCCN(c2cccc(CO)n2)C1. The van der Waals surface area contributed by atoms with Gasteiger partial charge in [0, 0.05) is 13.1 Å². The first-order chi connectivity index (χ1) is 7.29. The first-order valence-electron chi connectivity index (χ1n) is 5.27. The molecule has 0 fully saturated rings. The Kier molecular flexibility index (Phi) is 3.02. The van der Waals surface area contributed by atoms with Crippen LogP contribution < -0.4 is 4.90 Å². The van der Waals surface area contributed by atoms with Crippen LogP contribution in [0.3, 0.4) is 0 Å². The number of pyridine rings is 1. The molecule has 2 rings (SSSR count). The van der Waals surface area contributed by atoms with Gasteiger partial charge >= 0.3 is 0 Å². The molecule has 0 unspecified atom stereocenters. The molecule has 1 N–H and O–H groups in total. The zero-order valence-electron chi connectivity index (χ0n) is 8.98. The molecule has 3 nitrogen and oxygen atoms in total. The normalized spacial score (nSPS) is 16.4. The Balaban J connectivity index is 2.18. The van der Waals surface area contributed by atoms with Crippen LogP contribution >= 0.6 is 0 Å². The topological polar surface area (TPSA) is 36.4 Å². The molecule has 1 aromatic heterocycles. The first-order valence-corrected chi connectivity index (χ1v) is 5.27. The van der Waals surface area contributed by atoms with Gasteiger partial charge in [0.1, 0.15) is 5.82 Å². The zero-order valence-corrected chi connectivity index (χ0v) is 8.98. The summed E-state index contributed by atoms with van der Waals surface area (Å²) < 4.78 is 0. The number of aliphatic hydroxyl groups is 1. The fourth-order valence-corrected chi connectivity index (χ4v) is 1.84. The molecule has 1 aliphatic heterocycles. The van der Waals surface area contributed by atoms with Gasteiger partial charge in [-0.1, -0.05) is 17.7 Å².